The van der Waals surface area contributed by atoms with E-state index < -0.39 is 5.97 Å². The number of aliphatic carboxylic acids is 1. The molecule has 3 N–H and O–H groups in total. The van der Waals surface area contributed by atoms with E-state index in [1.165, 1.54) is 0 Å². The van der Waals surface area contributed by atoms with Crippen LogP contribution in [0.15, 0.2) is 18.2 Å². The van der Waals surface area contributed by atoms with E-state index in [2.05, 4.69) is 4.98 Å². The maximum Gasteiger partial charge on any atom is 0.303 e. The highest BCUT2D eigenvalue weighted by Crippen LogP contribution is 2.01. The van der Waals surface area contributed by atoms with Crippen LogP contribution in [-0.2, 0) is 17.8 Å². The normalized spacial score (nSPS) is 9.92. The first-order chi connectivity index (χ1) is 6.22. The zero-order chi connectivity index (χ0) is 9.68. The lowest BCUT2D eigenvalue weighted by atomic mass is 10.2. The van der Waals surface area contributed by atoms with E-state index in [9.17, 15) is 4.79 Å². The summed E-state index contributed by atoms with van der Waals surface area (Å²) >= 11 is 0. The molecule has 70 valence electrons. The van der Waals surface area contributed by atoms with E-state index in [0.717, 1.165) is 11.4 Å². The van der Waals surface area contributed by atoms with Crippen LogP contribution in [0.25, 0.3) is 0 Å². The van der Waals surface area contributed by atoms with Gasteiger partial charge in [-0.1, -0.05) is 6.07 Å². The molecule has 0 spiro atoms. The van der Waals surface area contributed by atoms with Gasteiger partial charge in [-0.25, -0.2) is 0 Å². The van der Waals surface area contributed by atoms with E-state index in [-0.39, 0.29) is 6.42 Å². The molecule has 4 heteroatoms. The van der Waals surface area contributed by atoms with Crippen LogP contribution >= 0.6 is 0 Å². The van der Waals surface area contributed by atoms with Crippen molar-refractivity contribution in [1.29, 1.82) is 0 Å². The lowest BCUT2D eigenvalue weighted by molar-refractivity contribution is -0.136. The molecule has 0 saturated heterocycles. The molecule has 13 heavy (non-hydrogen) atoms. The topological polar surface area (TPSA) is 76.2 Å². The van der Waals surface area contributed by atoms with Gasteiger partial charge in [0.1, 0.15) is 0 Å². The van der Waals surface area contributed by atoms with Crippen LogP contribution in [0, 0.1) is 0 Å². The Bertz CT molecular complexity index is 299. The van der Waals surface area contributed by atoms with Crippen LogP contribution in [0.5, 0.6) is 0 Å². The number of hydrogen-bond donors (Lipinski definition) is 2. The standard InChI is InChI=1S/C9H12N2O2/c10-6-8-3-1-2-7(11-8)4-5-9(12)13/h1-3H,4-6,10H2,(H,12,13). The summed E-state index contributed by atoms with van der Waals surface area (Å²) in [5.41, 5.74) is 6.97. The van der Waals surface area contributed by atoms with Crippen LogP contribution in [0.1, 0.15) is 17.8 Å². The number of carbonyl (C=O) groups is 1. The Labute approximate surface area is 76.4 Å². The number of rotatable bonds is 4. The van der Waals surface area contributed by atoms with E-state index in [4.69, 9.17) is 10.8 Å². The number of hydrogen-bond acceptors (Lipinski definition) is 3. The zero-order valence-corrected chi connectivity index (χ0v) is 7.23. The van der Waals surface area contributed by atoms with Gasteiger partial charge in [0.05, 0.1) is 12.1 Å². The van der Waals surface area contributed by atoms with Crippen LogP contribution in [0.2, 0.25) is 0 Å². The molecule has 0 saturated carbocycles. The largest absolute Gasteiger partial charge is 0.481 e. The minimum atomic E-state index is -0.806. The minimum absolute atomic E-state index is 0.112. The summed E-state index contributed by atoms with van der Waals surface area (Å²) in [6, 6.07) is 5.47. The van der Waals surface area contributed by atoms with Crippen molar-refractivity contribution in [3.05, 3.63) is 29.6 Å². The Morgan fingerprint density at radius 3 is 2.77 bits per heavy atom. The number of nitrogens with two attached hydrogens (primary N) is 1. The highest BCUT2D eigenvalue weighted by molar-refractivity contribution is 5.66. The summed E-state index contributed by atoms with van der Waals surface area (Å²) in [5, 5.41) is 8.45. The van der Waals surface area contributed by atoms with Gasteiger partial charge in [0, 0.05) is 18.7 Å². The summed E-state index contributed by atoms with van der Waals surface area (Å²) in [4.78, 5) is 14.4. The monoisotopic (exact) mass is 180 g/mol. The fourth-order valence-corrected chi connectivity index (χ4v) is 1.02. The number of pyridine rings is 1. The summed E-state index contributed by atoms with van der Waals surface area (Å²) < 4.78 is 0. The van der Waals surface area contributed by atoms with Crippen molar-refractivity contribution in [1.82, 2.24) is 4.98 Å². The average molecular weight is 180 g/mol. The average Bonchev–Trinajstić information content (AvgIpc) is 2.15. The second kappa shape index (κ2) is 4.57. The minimum Gasteiger partial charge on any atom is -0.481 e. The van der Waals surface area contributed by atoms with Crippen molar-refractivity contribution in [3.63, 3.8) is 0 Å². The number of aryl methyl sites for hydroxylation is 1. The Morgan fingerprint density at radius 1 is 1.46 bits per heavy atom. The molecule has 0 aliphatic rings. The molecule has 1 heterocycles. The van der Waals surface area contributed by atoms with Gasteiger partial charge in [0.15, 0.2) is 0 Å². The van der Waals surface area contributed by atoms with Crippen molar-refractivity contribution < 1.29 is 9.90 Å². The SMILES string of the molecule is NCc1cccc(CCC(=O)O)n1. The molecule has 0 unspecified atom stereocenters. The molecule has 0 radical (unpaired) electrons. The van der Waals surface area contributed by atoms with E-state index in [0.29, 0.717) is 13.0 Å². The molecule has 1 aromatic heterocycles. The third-order valence-corrected chi connectivity index (χ3v) is 1.67. The summed E-state index contributed by atoms with van der Waals surface area (Å²) in [6.07, 6.45) is 0.574. The zero-order valence-electron chi connectivity index (χ0n) is 7.23. The van der Waals surface area contributed by atoms with Gasteiger partial charge < -0.3 is 10.8 Å². The Kier molecular flexibility index (Phi) is 3.40. The van der Waals surface area contributed by atoms with Crippen molar-refractivity contribution >= 4 is 5.97 Å². The van der Waals surface area contributed by atoms with Crippen LogP contribution in [-0.4, -0.2) is 16.1 Å². The van der Waals surface area contributed by atoms with E-state index in [1.807, 2.05) is 18.2 Å². The molecule has 1 aromatic rings. The summed E-state index contributed by atoms with van der Waals surface area (Å²) in [7, 11) is 0. The lowest BCUT2D eigenvalue weighted by Crippen LogP contribution is -2.03. The first-order valence-corrected chi connectivity index (χ1v) is 4.09. The Hall–Kier alpha value is -1.42. The Balaban J connectivity index is 2.61. The second-order valence-electron chi connectivity index (χ2n) is 2.72. The van der Waals surface area contributed by atoms with Crippen molar-refractivity contribution in [2.24, 2.45) is 5.73 Å². The fraction of sp³-hybridized carbons (Fsp3) is 0.333. The predicted molar refractivity (Wildman–Crippen MR) is 48.1 cm³/mol. The number of aromatic nitrogens is 1. The highest BCUT2D eigenvalue weighted by atomic mass is 16.4. The summed E-state index contributed by atoms with van der Waals surface area (Å²) in [6.45, 7) is 0.390. The van der Waals surface area contributed by atoms with Crippen LogP contribution in [0.4, 0.5) is 0 Å². The van der Waals surface area contributed by atoms with Crippen molar-refractivity contribution in [2.45, 2.75) is 19.4 Å². The van der Waals surface area contributed by atoms with Gasteiger partial charge in [0.2, 0.25) is 0 Å². The molecule has 0 aliphatic carbocycles. The second-order valence-corrected chi connectivity index (χ2v) is 2.72. The molecule has 0 aliphatic heterocycles. The molecule has 0 amide bonds. The molecule has 0 aromatic carbocycles. The lowest BCUT2D eigenvalue weighted by Gasteiger charge is -2.00. The molecular formula is C9H12N2O2. The molecular weight excluding hydrogens is 168 g/mol. The Morgan fingerprint density at radius 2 is 2.15 bits per heavy atom. The van der Waals surface area contributed by atoms with Crippen molar-refractivity contribution in [2.75, 3.05) is 0 Å². The van der Waals surface area contributed by atoms with E-state index in [1.54, 1.807) is 0 Å². The van der Waals surface area contributed by atoms with E-state index >= 15 is 0 Å². The number of carboxylic acid groups (broad SMARTS) is 1. The molecule has 1 rings (SSSR count). The van der Waals surface area contributed by atoms with Crippen molar-refractivity contribution in [3.8, 4) is 0 Å². The quantitative estimate of drug-likeness (QED) is 0.709. The number of nitrogens with zero attached hydrogens (tertiary/aromatic N) is 1. The van der Waals surface area contributed by atoms with Gasteiger partial charge in [-0.3, -0.25) is 9.78 Å². The molecule has 4 nitrogen and oxygen atoms in total. The highest BCUT2D eigenvalue weighted by Gasteiger charge is 2.00. The van der Waals surface area contributed by atoms with Gasteiger partial charge in [-0.2, -0.15) is 0 Å². The van der Waals surface area contributed by atoms with Gasteiger partial charge in [0.25, 0.3) is 0 Å². The van der Waals surface area contributed by atoms with Gasteiger partial charge >= 0.3 is 5.97 Å². The number of carboxylic acids is 1. The van der Waals surface area contributed by atoms with Crippen LogP contribution < -0.4 is 5.73 Å². The first kappa shape index (κ1) is 9.67. The third kappa shape index (κ3) is 3.21. The van der Waals surface area contributed by atoms with Crippen LogP contribution in [0.3, 0.4) is 0 Å². The summed E-state index contributed by atoms with van der Waals surface area (Å²) in [5.74, 6) is -0.806. The maximum atomic E-state index is 10.3. The van der Waals surface area contributed by atoms with Gasteiger partial charge in [-0.05, 0) is 12.1 Å². The first-order valence-electron chi connectivity index (χ1n) is 4.09. The predicted octanol–water partition coefficient (Wildman–Crippen LogP) is 0.558. The molecule has 0 atom stereocenters. The van der Waals surface area contributed by atoms with Gasteiger partial charge in [-0.15, -0.1) is 0 Å². The third-order valence-electron chi connectivity index (χ3n) is 1.67. The molecule has 0 fully saturated rings. The fourth-order valence-electron chi connectivity index (χ4n) is 1.02. The smallest absolute Gasteiger partial charge is 0.303 e. The maximum absolute atomic E-state index is 10.3. The molecule has 0 bridgehead atoms.